The fourth-order valence-electron chi connectivity index (χ4n) is 5.30. The van der Waals surface area contributed by atoms with Gasteiger partial charge in [0.2, 0.25) is 5.78 Å². The van der Waals surface area contributed by atoms with Crippen molar-refractivity contribution in [1.82, 2.24) is 9.30 Å². The Hall–Kier alpha value is -4.72. The summed E-state index contributed by atoms with van der Waals surface area (Å²) in [6.45, 7) is 0.596. The molecule has 1 aliphatic rings. The van der Waals surface area contributed by atoms with Crippen molar-refractivity contribution in [2.75, 3.05) is 20.8 Å². The lowest BCUT2D eigenvalue weighted by Gasteiger charge is -2.36. The number of pyridine rings is 1. The molecule has 8 heteroatoms. The molecule has 0 saturated carbocycles. The van der Waals surface area contributed by atoms with Crippen molar-refractivity contribution < 1.29 is 28.7 Å². The van der Waals surface area contributed by atoms with Crippen LogP contribution in [0.15, 0.2) is 79.0 Å². The van der Waals surface area contributed by atoms with Crippen LogP contribution < -0.4 is 0 Å². The van der Waals surface area contributed by atoms with Crippen molar-refractivity contribution in [3.05, 3.63) is 113 Å². The molecule has 0 spiro atoms. The van der Waals surface area contributed by atoms with Crippen LogP contribution in [0.5, 0.6) is 0 Å². The van der Waals surface area contributed by atoms with Crippen LogP contribution >= 0.6 is 0 Å². The minimum Gasteiger partial charge on any atom is -0.465 e. The highest BCUT2D eigenvalue weighted by molar-refractivity contribution is 6.19. The van der Waals surface area contributed by atoms with Gasteiger partial charge in [0.05, 0.1) is 25.8 Å². The van der Waals surface area contributed by atoms with Crippen LogP contribution in [-0.2, 0) is 9.47 Å². The van der Waals surface area contributed by atoms with Crippen molar-refractivity contribution in [2.24, 2.45) is 0 Å². The molecular formula is C31H28N2O6. The summed E-state index contributed by atoms with van der Waals surface area (Å²) in [5.74, 6) is -2.09. The van der Waals surface area contributed by atoms with Crippen LogP contribution in [0, 0.1) is 0 Å². The Morgan fingerprint density at radius 3 is 2.00 bits per heavy atom. The third-order valence-electron chi connectivity index (χ3n) is 7.15. The van der Waals surface area contributed by atoms with E-state index < -0.39 is 17.7 Å². The van der Waals surface area contributed by atoms with Gasteiger partial charge in [-0.25, -0.2) is 9.59 Å². The van der Waals surface area contributed by atoms with E-state index in [1.165, 1.54) is 14.2 Å². The summed E-state index contributed by atoms with van der Waals surface area (Å²) < 4.78 is 11.6. The molecule has 39 heavy (non-hydrogen) atoms. The molecule has 1 unspecified atom stereocenters. The van der Waals surface area contributed by atoms with Gasteiger partial charge in [-0.3, -0.25) is 9.59 Å². The molecule has 2 aromatic heterocycles. The number of hydrogen-bond donors (Lipinski definition) is 0. The Balaban J connectivity index is 1.71. The zero-order valence-corrected chi connectivity index (χ0v) is 21.8. The van der Waals surface area contributed by atoms with Crippen molar-refractivity contribution in [3.63, 3.8) is 0 Å². The molecule has 1 amide bonds. The minimum absolute atomic E-state index is 0.00189. The lowest BCUT2D eigenvalue weighted by molar-refractivity contribution is 0.0556. The first kappa shape index (κ1) is 25.9. The van der Waals surface area contributed by atoms with E-state index in [4.69, 9.17) is 9.47 Å². The monoisotopic (exact) mass is 524 g/mol. The summed E-state index contributed by atoms with van der Waals surface area (Å²) >= 11 is 0. The molecular weight excluding hydrogens is 496 g/mol. The maximum Gasteiger partial charge on any atom is 0.341 e. The SMILES string of the molecule is COC(=O)c1c(C(=O)OC)c2ccc(C3CCCCN3C(=O)c3ccccc3)cn2c1C(=O)c1ccccc1. The number of nitrogens with zero attached hydrogens (tertiary/aromatic N) is 2. The van der Waals surface area contributed by atoms with E-state index in [1.807, 2.05) is 29.2 Å². The molecule has 0 aliphatic carbocycles. The van der Waals surface area contributed by atoms with E-state index in [-0.39, 0.29) is 28.8 Å². The third-order valence-corrected chi connectivity index (χ3v) is 7.15. The van der Waals surface area contributed by atoms with E-state index in [0.29, 0.717) is 23.2 Å². The predicted octanol–water partition coefficient (Wildman–Crippen LogP) is 5.11. The molecule has 0 bridgehead atoms. The average molecular weight is 525 g/mol. The van der Waals surface area contributed by atoms with Crippen LogP contribution in [0.1, 0.15) is 78.0 Å². The molecule has 4 aromatic rings. The number of amides is 1. The fourth-order valence-corrected chi connectivity index (χ4v) is 5.30. The van der Waals surface area contributed by atoms with Crippen LogP contribution in [0.25, 0.3) is 5.52 Å². The van der Waals surface area contributed by atoms with E-state index in [9.17, 15) is 19.2 Å². The molecule has 1 saturated heterocycles. The van der Waals surface area contributed by atoms with E-state index in [1.54, 1.807) is 59.1 Å². The molecule has 5 rings (SSSR count). The van der Waals surface area contributed by atoms with Crippen molar-refractivity contribution >= 4 is 29.1 Å². The second kappa shape index (κ2) is 10.9. The Morgan fingerprint density at radius 2 is 1.36 bits per heavy atom. The highest BCUT2D eigenvalue weighted by Gasteiger charge is 2.34. The number of benzene rings is 2. The molecule has 1 fully saturated rings. The van der Waals surface area contributed by atoms with Crippen LogP contribution in [0.3, 0.4) is 0 Å². The zero-order chi connectivity index (χ0) is 27.5. The number of carbonyl (C=O) groups is 4. The minimum atomic E-state index is -0.821. The maximum absolute atomic E-state index is 13.8. The first-order valence-electron chi connectivity index (χ1n) is 12.8. The zero-order valence-electron chi connectivity index (χ0n) is 21.8. The predicted molar refractivity (Wildman–Crippen MR) is 144 cm³/mol. The number of rotatable bonds is 6. The van der Waals surface area contributed by atoms with Gasteiger partial charge in [0.1, 0.15) is 16.8 Å². The Kier molecular flexibility index (Phi) is 7.27. The number of carbonyl (C=O) groups excluding carboxylic acids is 4. The van der Waals surface area contributed by atoms with Gasteiger partial charge < -0.3 is 18.8 Å². The fraction of sp³-hybridized carbons (Fsp3) is 0.226. The second-order valence-corrected chi connectivity index (χ2v) is 9.37. The summed E-state index contributed by atoms with van der Waals surface area (Å²) in [5, 5.41) is 0. The lowest BCUT2D eigenvalue weighted by Crippen LogP contribution is -2.38. The third kappa shape index (κ3) is 4.69. The van der Waals surface area contributed by atoms with E-state index in [0.717, 1.165) is 24.8 Å². The molecule has 8 nitrogen and oxygen atoms in total. The van der Waals surface area contributed by atoms with Crippen LogP contribution in [-0.4, -0.2) is 53.7 Å². The molecule has 1 atom stereocenters. The molecule has 1 aliphatic heterocycles. The average Bonchev–Trinajstić information content (AvgIpc) is 3.34. The highest BCUT2D eigenvalue weighted by Crippen LogP contribution is 2.35. The second-order valence-electron chi connectivity index (χ2n) is 9.37. The van der Waals surface area contributed by atoms with Gasteiger partial charge in [0, 0.05) is 23.9 Å². The number of hydrogen-bond acceptors (Lipinski definition) is 6. The van der Waals surface area contributed by atoms with Gasteiger partial charge in [-0.05, 0) is 43.0 Å². The summed E-state index contributed by atoms with van der Waals surface area (Å²) in [6, 6.07) is 20.9. The quantitative estimate of drug-likeness (QED) is 0.257. The van der Waals surface area contributed by atoms with E-state index >= 15 is 0 Å². The van der Waals surface area contributed by atoms with Gasteiger partial charge in [-0.15, -0.1) is 0 Å². The number of aromatic nitrogens is 1. The smallest absolute Gasteiger partial charge is 0.341 e. The summed E-state index contributed by atoms with van der Waals surface area (Å²) in [6.07, 6.45) is 4.30. The number of methoxy groups -OCH3 is 2. The van der Waals surface area contributed by atoms with Crippen molar-refractivity contribution in [1.29, 1.82) is 0 Å². The summed E-state index contributed by atoms with van der Waals surface area (Å²) in [7, 11) is 2.41. The number of ether oxygens (including phenoxy) is 2. The Morgan fingerprint density at radius 1 is 0.744 bits per heavy atom. The molecule has 0 N–H and O–H groups in total. The summed E-state index contributed by atoms with van der Waals surface area (Å²) in [5.41, 5.74) is 1.88. The normalized spacial score (nSPS) is 15.1. The van der Waals surface area contributed by atoms with Gasteiger partial charge in [0.15, 0.2) is 0 Å². The number of fused-ring (bicyclic) bond motifs is 1. The largest absolute Gasteiger partial charge is 0.465 e. The lowest BCUT2D eigenvalue weighted by atomic mass is 9.95. The van der Waals surface area contributed by atoms with Crippen LogP contribution in [0.2, 0.25) is 0 Å². The van der Waals surface area contributed by atoms with Gasteiger partial charge >= 0.3 is 11.9 Å². The van der Waals surface area contributed by atoms with Crippen molar-refractivity contribution in [2.45, 2.75) is 25.3 Å². The van der Waals surface area contributed by atoms with E-state index in [2.05, 4.69) is 0 Å². The van der Waals surface area contributed by atoms with Gasteiger partial charge in [-0.1, -0.05) is 54.6 Å². The van der Waals surface area contributed by atoms with Gasteiger partial charge in [0.25, 0.3) is 5.91 Å². The van der Waals surface area contributed by atoms with Gasteiger partial charge in [-0.2, -0.15) is 0 Å². The topological polar surface area (TPSA) is 94.4 Å². The molecule has 0 radical (unpaired) electrons. The van der Waals surface area contributed by atoms with Crippen molar-refractivity contribution in [3.8, 4) is 0 Å². The Labute approximate surface area is 225 Å². The first-order chi connectivity index (χ1) is 19.0. The number of piperidine rings is 1. The molecule has 2 aromatic carbocycles. The maximum atomic E-state index is 13.8. The molecule has 198 valence electrons. The number of likely N-dealkylation sites (tertiary alicyclic amines) is 1. The summed E-state index contributed by atoms with van der Waals surface area (Å²) in [4.78, 5) is 55.1. The Bertz CT molecular complexity index is 1560. The van der Waals surface area contributed by atoms with Crippen LogP contribution in [0.4, 0.5) is 0 Å². The number of ketones is 1. The number of esters is 2. The molecule has 3 heterocycles. The standard InChI is InChI=1S/C31H28N2O6/c1-38-30(36)25-24-17-16-22(23-15-9-10-18-32(23)29(35)21-13-7-4-8-14-21)19-33(24)27(26(25)31(37)39-2)28(34)20-11-5-3-6-12-20/h3-8,11-14,16-17,19,23H,9-10,15,18H2,1-2H3. The highest BCUT2D eigenvalue weighted by atomic mass is 16.5. The first-order valence-corrected chi connectivity index (χ1v) is 12.8.